The Morgan fingerprint density at radius 3 is 2.39 bits per heavy atom. The van der Waals surface area contributed by atoms with Crippen LogP contribution >= 0.6 is 0 Å². The number of H-pyrrole nitrogens is 2. The van der Waals surface area contributed by atoms with Crippen molar-refractivity contribution in [3.05, 3.63) is 67.1 Å². The van der Waals surface area contributed by atoms with Gasteiger partial charge in [-0.1, -0.05) is 12.1 Å². The largest absolute Gasteiger partial charge is 0.369 e. The molecule has 4 heterocycles. The lowest BCUT2D eigenvalue weighted by atomic mass is 10.1. The summed E-state index contributed by atoms with van der Waals surface area (Å²) < 4.78 is 27.4. The Morgan fingerprint density at radius 2 is 1.68 bits per heavy atom. The smallest absolute Gasteiger partial charge is 0.244 e. The van der Waals surface area contributed by atoms with Crippen molar-refractivity contribution in [2.45, 2.75) is 4.90 Å². The first-order valence-corrected chi connectivity index (χ1v) is 14.7. The normalized spacial score (nSPS) is 14.6. The molecule has 0 spiro atoms. The van der Waals surface area contributed by atoms with Crippen LogP contribution in [0.1, 0.15) is 0 Å². The zero-order valence-corrected chi connectivity index (χ0v) is 23.9. The number of benzene rings is 2. The van der Waals surface area contributed by atoms with E-state index in [1.807, 2.05) is 18.3 Å². The fourth-order valence-electron chi connectivity index (χ4n) is 4.87. The SMILES string of the molecule is CN1CCN(c2ccc(Nc3nc(Nc4ccccc4S(=O)(=O)N(C)C)c4c(-c5cn[nH]c5)c[nH]c4n3)cc2)CC1. The highest BCUT2D eigenvalue weighted by atomic mass is 32.2. The topological polar surface area (TPSA) is 138 Å². The van der Waals surface area contributed by atoms with Crippen LogP contribution in [-0.2, 0) is 10.0 Å². The molecule has 0 bridgehead atoms. The van der Waals surface area contributed by atoms with Crippen molar-refractivity contribution in [1.82, 2.24) is 34.4 Å². The third-order valence-electron chi connectivity index (χ3n) is 7.23. The highest BCUT2D eigenvalue weighted by Gasteiger charge is 2.23. The molecule has 1 aliphatic rings. The van der Waals surface area contributed by atoms with Crippen molar-refractivity contribution in [3.8, 4) is 11.1 Å². The Kier molecular flexibility index (Phi) is 7.07. The fourth-order valence-corrected chi connectivity index (χ4v) is 5.91. The molecule has 0 radical (unpaired) electrons. The van der Waals surface area contributed by atoms with E-state index < -0.39 is 10.0 Å². The van der Waals surface area contributed by atoms with Gasteiger partial charge in [-0.2, -0.15) is 15.1 Å². The van der Waals surface area contributed by atoms with E-state index in [0.29, 0.717) is 28.5 Å². The number of sulfonamides is 1. The molecule has 5 aromatic rings. The Bertz CT molecular complexity index is 1760. The number of rotatable bonds is 8. The summed E-state index contributed by atoms with van der Waals surface area (Å²) in [5, 5.41) is 14.2. The average molecular weight is 573 g/mol. The Balaban J connectivity index is 1.37. The number of hydrogen-bond donors (Lipinski definition) is 4. The summed E-state index contributed by atoms with van der Waals surface area (Å²) in [7, 11) is 1.45. The number of likely N-dealkylation sites (N-methyl/N-ethyl adjacent to an activating group) is 1. The van der Waals surface area contributed by atoms with Crippen LogP contribution in [0.15, 0.2) is 72.0 Å². The molecule has 0 saturated carbocycles. The lowest BCUT2D eigenvalue weighted by Crippen LogP contribution is -2.44. The summed E-state index contributed by atoms with van der Waals surface area (Å²) in [6.45, 7) is 4.07. The molecule has 41 heavy (non-hydrogen) atoms. The number of anilines is 5. The van der Waals surface area contributed by atoms with Crippen molar-refractivity contribution in [2.75, 3.05) is 62.9 Å². The van der Waals surface area contributed by atoms with Crippen molar-refractivity contribution in [1.29, 1.82) is 0 Å². The number of aromatic amines is 2. The first-order chi connectivity index (χ1) is 19.8. The van der Waals surface area contributed by atoms with Crippen LogP contribution in [0, 0.1) is 0 Å². The molecule has 0 aliphatic carbocycles. The van der Waals surface area contributed by atoms with Crippen LogP contribution in [0.5, 0.6) is 0 Å². The second-order valence-corrected chi connectivity index (χ2v) is 12.3. The minimum absolute atomic E-state index is 0.145. The minimum atomic E-state index is -3.71. The van der Waals surface area contributed by atoms with E-state index in [1.165, 1.54) is 24.1 Å². The molecular formula is C28H32N10O2S. The molecule has 4 N–H and O–H groups in total. The number of nitrogens with zero attached hydrogens (tertiary/aromatic N) is 6. The lowest BCUT2D eigenvalue weighted by molar-refractivity contribution is 0.313. The van der Waals surface area contributed by atoms with Gasteiger partial charge in [-0.15, -0.1) is 0 Å². The molecule has 1 fully saturated rings. The zero-order chi connectivity index (χ0) is 28.6. The molecule has 0 unspecified atom stereocenters. The van der Waals surface area contributed by atoms with Gasteiger partial charge < -0.3 is 25.4 Å². The maximum Gasteiger partial charge on any atom is 0.244 e. The maximum absolute atomic E-state index is 13.1. The third kappa shape index (κ3) is 5.34. The lowest BCUT2D eigenvalue weighted by Gasteiger charge is -2.34. The van der Waals surface area contributed by atoms with E-state index in [4.69, 9.17) is 9.97 Å². The molecule has 1 saturated heterocycles. The molecule has 1 aliphatic heterocycles. The van der Waals surface area contributed by atoms with Gasteiger partial charge in [0.25, 0.3) is 0 Å². The highest BCUT2D eigenvalue weighted by molar-refractivity contribution is 7.89. The van der Waals surface area contributed by atoms with Gasteiger partial charge in [0, 0.05) is 75.2 Å². The quantitative estimate of drug-likeness (QED) is 0.218. The monoisotopic (exact) mass is 572 g/mol. The van der Waals surface area contributed by atoms with Crippen molar-refractivity contribution >= 4 is 49.9 Å². The number of aromatic nitrogens is 5. The summed E-state index contributed by atoms with van der Waals surface area (Å²) in [4.78, 5) is 17.6. The molecule has 13 heteroatoms. The number of para-hydroxylation sites is 1. The summed E-state index contributed by atoms with van der Waals surface area (Å²) in [6, 6.07) is 15.0. The van der Waals surface area contributed by atoms with Crippen molar-refractivity contribution < 1.29 is 8.42 Å². The standard InChI is InChI=1S/C28H32N10O2S/c1-36(2)41(39,40)24-7-5-4-6-23(24)33-27-25-22(19-16-30-31-17-19)18-29-26(25)34-28(35-27)32-20-8-10-21(11-9-20)38-14-12-37(3)13-15-38/h4-11,16-18H,12-15H2,1-3H3,(H,30,31)(H3,29,32,33,34,35). The molecule has 2 aromatic carbocycles. The minimum Gasteiger partial charge on any atom is -0.369 e. The summed E-state index contributed by atoms with van der Waals surface area (Å²) >= 11 is 0. The van der Waals surface area contributed by atoms with E-state index in [2.05, 4.69) is 54.8 Å². The summed E-state index contributed by atoms with van der Waals surface area (Å²) in [5.74, 6) is 0.811. The third-order valence-corrected chi connectivity index (χ3v) is 9.10. The average Bonchev–Trinajstić information content (AvgIpc) is 3.65. The zero-order valence-electron chi connectivity index (χ0n) is 23.1. The van der Waals surface area contributed by atoms with Gasteiger partial charge in [-0.25, -0.2) is 12.7 Å². The van der Waals surface area contributed by atoms with Gasteiger partial charge >= 0.3 is 0 Å². The molecule has 212 valence electrons. The molecule has 6 rings (SSSR count). The van der Waals surface area contributed by atoms with Gasteiger partial charge in [0.2, 0.25) is 16.0 Å². The van der Waals surface area contributed by atoms with Crippen molar-refractivity contribution in [2.24, 2.45) is 0 Å². The predicted molar refractivity (Wildman–Crippen MR) is 162 cm³/mol. The van der Waals surface area contributed by atoms with Crippen LogP contribution in [0.2, 0.25) is 0 Å². The number of fused-ring (bicyclic) bond motifs is 1. The van der Waals surface area contributed by atoms with E-state index in [1.54, 1.807) is 36.7 Å². The Morgan fingerprint density at radius 1 is 0.927 bits per heavy atom. The van der Waals surface area contributed by atoms with Gasteiger partial charge in [0.15, 0.2) is 0 Å². The Labute approximate surface area is 238 Å². The molecule has 12 nitrogen and oxygen atoms in total. The second kappa shape index (κ2) is 10.8. The van der Waals surface area contributed by atoms with Gasteiger partial charge in [-0.05, 0) is 43.4 Å². The molecule has 0 atom stereocenters. The van der Waals surface area contributed by atoms with Gasteiger partial charge in [-0.3, -0.25) is 5.10 Å². The Hall–Kier alpha value is -4.46. The number of hydrogen-bond acceptors (Lipinski definition) is 9. The van der Waals surface area contributed by atoms with Crippen LogP contribution in [0.25, 0.3) is 22.2 Å². The van der Waals surface area contributed by atoms with E-state index in [9.17, 15) is 8.42 Å². The van der Waals surface area contributed by atoms with Gasteiger partial charge in [0.1, 0.15) is 16.4 Å². The first kappa shape index (κ1) is 26.7. The second-order valence-electron chi connectivity index (χ2n) is 10.2. The maximum atomic E-state index is 13.1. The van der Waals surface area contributed by atoms with Crippen LogP contribution < -0.4 is 15.5 Å². The fraction of sp³-hybridized carbons (Fsp3) is 0.250. The van der Waals surface area contributed by atoms with Crippen molar-refractivity contribution in [3.63, 3.8) is 0 Å². The summed E-state index contributed by atoms with van der Waals surface area (Å²) in [5.41, 5.74) is 4.68. The molecule has 0 amide bonds. The van der Waals surface area contributed by atoms with E-state index in [-0.39, 0.29) is 4.90 Å². The highest BCUT2D eigenvalue weighted by Crippen LogP contribution is 2.36. The van der Waals surface area contributed by atoms with Crippen LogP contribution in [-0.4, -0.2) is 90.1 Å². The number of nitrogens with one attached hydrogen (secondary N) is 4. The number of piperazine rings is 1. The predicted octanol–water partition coefficient (Wildman–Crippen LogP) is 3.84. The van der Waals surface area contributed by atoms with Crippen LogP contribution in [0.3, 0.4) is 0 Å². The van der Waals surface area contributed by atoms with E-state index in [0.717, 1.165) is 43.0 Å². The van der Waals surface area contributed by atoms with E-state index >= 15 is 0 Å². The van der Waals surface area contributed by atoms with Gasteiger partial charge in [0.05, 0.1) is 17.3 Å². The summed E-state index contributed by atoms with van der Waals surface area (Å²) in [6.07, 6.45) is 5.34. The molecular weight excluding hydrogens is 540 g/mol. The molecule has 3 aromatic heterocycles. The van der Waals surface area contributed by atoms with Crippen LogP contribution in [0.4, 0.5) is 28.8 Å². The first-order valence-electron chi connectivity index (χ1n) is 13.3.